The molecule has 0 bridgehead atoms. The van der Waals surface area contributed by atoms with E-state index in [1.165, 1.54) is 0 Å². The minimum atomic E-state index is -0.457. The summed E-state index contributed by atoms with van der Waals surface area (Å²) in [4.78, 5) is 24.5. The van der Waals surface area contributed by atoms with Gasteiger partial charge in [-0.25, -0.2) is 0 Å². The summed E-state index contributed by atoms with van der Waals surface area (Å²) in [5.74, 6) is 0.383. The molecule has 0 aliphatic heterocycles. The van der Waals surface area contributed by atoms with Gasteiger partial charge in [0.15, 0.2) is 11.6 Å². The Balaban J connectivity index is -0.000000578. The van der Waals surface area contributed by atoms with Crippen LogP contribution >= 0.6 is 0 Å². The molecule has 2 aliphatic rings. The van der Waals surface area contributed by atoms with Gasteiger partial charge in [0.1, 0.15) is 5.76 Å². The van der Waals surface area contributed by atoms with Crippen LogP contribution in [0.5, 0.6) is 0 Å². The van der Waals surface area contributed by atoms with E-state index in [0.717, 1.165) is 0 Å². The van der Waals surface area contributed by atoms with Crippen LogP contribution in [0.1, 0.15) is 84.5 Å². The van der Waals surface area contributed by atoms with Gasteiger partial charge in [0.05, 0.1) is 0 Å². The fourth-order valence-corrected chi connectivity index (χ4v) is 3.26. The van der Waals surface area contributed by atoms with Gasteiger partial charge in [0.25, 0.3) is 0 Å². The zero-order valence-electron chi connectivity index (χ0n) is 26.1. The Bertz CT molecular complexity index is 943. The summed E-state index contributed by atoms with van der Waals surface area (Å²) in [5.41, 5.74) is 0.697. The molecule has 0 amide bonds. The van der Waals surface area contributed by atoms with Crippen molar-refractivity contribution in [2.24, 2.45) is 21.7 Å². The molecule has 0 saturated carbocycles. The maximum atomic E-state index is 12.3. The molecule has 0 aromatic rings. The van der Waals surface area contributed by atoms with Crippen LogP contribution in [0, 0.1) is 21.7 Å². The number of ketones is 2. The molecule has 4 nitrogen and oxygen atoms in total. The molecule has 0 aromatic carbocycles. The van der Waals surface area contributed by atoms with Gasteiger partial charge < -0.3 is 11.6 Å². The molecule has 0 heterocycles. The summed E-state index contributed by atoms with van der Waals surface area (Å²) >= 11 is 0. The van der Waals surface area contributed by atoms with Gasteiger partial charge in [-0.05, 0) is 11.0 Å². The van der Waals surface area contributed by atoms with E-state index in [1.807, 2.05) is 89.2 Å². The standard InChI is InChI=1S/2C15H22O2.2Na.H/c2*1-14(2,3)12(16)10-8-7-9-11(10)13(17)15(4,5)6;;;/h2*7-9,16H,1-6H3;;;/q;;2*+1;-1/p-1/b2*12-10-;;;. The van der Waals surface area contributed by atoms with Crippen molar-refractivity contribution in [1.82, 2.24) is 0 Å². The Morgan fingerprint density at radius 2 is 0.972 bits per heavy atom. The van der Waals surface area contributed by atoms with Crippen molar-refractivity contribution in [3.63, 3.8) is 0 Å². The van der Waals surface area contributed by atoms with Crippen LogP contribution in [0.25, 0.3) is 0 Å². The minimum Gasteiger partial charge on any atom is -1.00 e. The van der Waals surface area contributed by atoms with E-state index in [1.54, 1.807) is 30.4 Å². The Kier molecular flexibility index (Phi) is 14.0. The monoisotopic (exact) mass is 514 g/mol. The van der Waals surface area contributed by atoms with Crippen LogP contribution in [-0.2, 0) is 9.59 Å². The molecule has 0 spiro atoms. The van der Waals surface area contributed by atoms with Crippen molar-refractivity contribution in [2.75, 3.05) is 0 Å². The SMILES string of the molecule is CC(C)(C)C(=O)C1=CC=C/C1=C(/O)C(C)(C)C.CC(C)(C)C(=O)C1=CC=C/C1=C(/[O-])C(C)(C)C.[H-].[Na+].[Na+]. The van der Waals surface area contributed by atoms with Gasteiger partial charge in [-0.2, -0.15) is 0 Å². The summed E-state index contributed by atoms with van der Waals surface area (Å²) in [6.07, 6.45) is 10.7. The summed E-state index contributed by atoms with van der Waals surface area (Å²) < 4.78 is 0. The zero-order valence-corrected chi connectivity index (χ0v) is 29.1. The number of hydrogen-bond acceptors (Lipinski definition) is 4. The molecule has 0 atom stereocenters. The van der Waals surface area contributed by atoms with Crippen LogP contribution in [0.4, 0.5) is 0 Å². The minimum absolute atomic E-state index is 0. The fourth-order valence-electron chi connectivity index (χ4n) is 3.26. The molecule has 36 heavy (non-hydrogen) atoms. The number of allylic oxidation sites excluding steroid dienone is 12. The Morgan fingerprint density at radius 1 is 0.639 bits per heavy atom. The van der Waals surface area contributed by atoms with Gasteiger partial charge in [0.2, 0.25) is 0 Å². The number of carbonyl (C=O) groups is 2. The van der Waals surface area contributed by atoms with Crippen molar-refractivity contribution in [3.8, 4) is 0 Å². The molecule has 190 valence electrons. The third-order valence-electron chi connectivity index (χ3n) is 5.37. The molecule has 6 heteroatoms. The molecule has 0 saturated heterocycles. The van der Waals surface area contributed by atoms with Crippen molar-refractivity contribution < 1.29 is 80.3 Å². The fraction of sp³-hybridized carbons (Fsp3) is 0.533. The van der Waals surface area contributed by atoms with E-state index in [-0.39, 0.29) is 89.0 Å². The van der Waals surface area contributed by atoms with Gasteiger partial charge in [-0.15, -0.1) is 5.76 Å². The Labute approximate surface area is 264 Å². The van der Waals surface area contributed by atoms with E-state index >= 15 is 0 Å². The molecule has 0 aromatic heterocycles. The van der Waals surface area contributed by atoms with E-state index < -0.39 is 16.2 Å². The molecule has 2 aliphatic carbocycles. The third kappa shape index (κ3) is 9.93. The summed E-state index contributed by atoms with van der Waals surface area (Å²) in [5, 5.41) is 22.4. The van der Waals surface area contributed by atoms with Gasteiger partial charge >= 0.3 is 59.1 Å². The van der Waals surface area contributed by atoms with Crippen LogP contribution in [-0.4, -0.2) is 16.7 Å². The predicted octanol–water partition coefficient (Wildman–Crippen LogP) is 0.835. The van der Waals surface area contributed by atoms with Crippen molar-refractivity contribution in [2.45, 2.75) is 83.1 Å². The summed E-state index contributed by atoms with van der Waals surface area (Å²) in [6, 6.07) is 0. The average Bonchev–Trinajstić information content (AvgIpc) is 3.32. The topological polar surface area (TPSA) is 77.4 Å². The first-order valence-corrected chi connectivity index (χ1v) is 11.8. The average molecular weight is 515 g/mol. The normalized spacial score (nSPS) is 18.2. The molecular weight excluding hydrogens is 470 g/mol. The van der Waals surface area contributed by atoms with Crippen molar-refractivity contribution in [3.05, 3.63) is 70.3 Å². The van der Waals surface area contributed by atoms with E-state index in [2.05, 4.69) is 0 Å². The number of Topliss-reactive ketones (excluding diaryl/α,β-unsaturated/α-hetero) is 2. The Hall–Kier alpha value is -0.620. The number of aliphatic hydroxyl groups is 1. The van der Waals surface area contributed by atoms with Crippen molar-refractivity contribution in [1.29, 1.82) is 0 Å². The second-order valence-electron chi connectivity index (χ2n) is 13.0. The quantitative estimate of drug-likeness (QED) is 0.438. The third-order valence-corrected chi connectivity index (χ3v) is 5.37. The summed E-state index contributed by atoms with van der Waals surface area (Å²) in [7, 11) is 0. The molecule has 2 rings (SSSR count). The van der Waals surface area contributed by atoms with Crippen LogP contribution < -0.4 is 64.2 Å². The van der Waals surface area contributed by atoms with Gasteiger partial charge in [-0.3, -0.25) is 9.59 Å². The number of rotatable bonds is 2. The van der Waals surface area contributed by atoms with Crippen LogP contribution in [0.3, 0.4) is 0 Å². The van der Waals surface area contributed by atoms with E-state index in [4.69, 9.17) is 0 Å². The molecule has 0 unspecified atom stereocenters. The first-order valence-electron chi connectivity index (χ1n) is 11.8. The smallest absolute Gasteiger partial charge is 1.00 e. The largest absolute Gasteiger partial charge is 1.00 e. The number of aliphatic hydroxyl groups excluding tert-OH is 1. The van der Waals surface area contributed by atoms with Gasteiger partial charge in [0, 0.05) is 33.0 Å². The van der Waals surface area contributed by atoms with Crippen molar-refractivity contribution >= 4 is 11.6 Å². The maximum Gasteiger partial charge on any atom is 1.00 e. The molecule has 0 radical (unpaired) electrons. The molecular formula is C30H44Na2O4. The van der Waals surface area contributed by atoms with Gasteiger partial charge in [-0.1, -0.05) is 120 Å². The zero-order chi connectivity index (χ0) is 26.9. The van der Waals surface area contributed by atoms with Crippen LogP contribution in [0.2, 0.25) is 0 Å². The molecule has 0 fully saturated rings. The number of hydrogen-bond donors (Lipinski definition) is 1. The first-order chi connectivity index (χ1) is 15.1. The second-order valence-corrected chi connectivity index (χ2v) is 13.0. The summed E-state index contributed by atoms with van der Waals surface area (Å²) in [6.45, 7) is 22.7. The van der Waals surface area contributed by atoms with E-state index in [9.17, 15) is 19.8 Å². The number of carbonyl (C=O) groups excluding carboxylic acids is 2. The van der Waals surface area contributed by atoms with Crippen LogP contribution in [0.15, 0.2) is 70.3 Å². The maximum absolute atomic E-state index is 12.3. The second kappa shape index (κ2) is 13.4. The molecule has 1 N–H and O–H groups in total. The first kappa shape index (κ1) is 37.5. The predicted molar refractivity (Wildman–Crippen MR) is 140 cm³/mol. The van der Waals surface area contributed by atoms with E-state index in [0.29, 0.717) is 22.3 Å². The Morgan fingerprint density at radius 3 is 1.28 bits per heavy atom.